The summed E-state index contributed by atoms with van der Waals surface area (Å²) in [4.78, 5) is 78.9. The molecule has 23 nitrogen and oxygen atoms in total. The first kappa shape index (κ1) is 99.4. The van der Waals surface area contributed by atoms with E-state index in [1.807, 2.05) is 157 Å². The van der Waals surface area contributed by atoms with Crippen LogP contribution in [0.4, 0.5) is 19.2 Å². The van der Waals surface area contributed by atoms with Crippen molar-refractivity contribution >= 4 is 182 Å². The largest absolute Gasteiger partial charge is 0.497 e. The number of aromatic amines is 5. The van der Waals surface area contributed by atoms with Crippen LogP contribution in [0.1, 0.15) is 201 Å². The molecular weight excluding hydrogens is 1970 g/mol. The van der Waals surface area contributed by atoms with E-state index in [1.54, 1.807) is 51.2 Å². The average molecular weight is 2080 g/mol. The van der Waals surface area contributed by atoms with E-state index in [1.165, 1.54) is 107 Å². The molecule has 5 atom stereocenters. The molecule has 10 heterocycles. The molecule has 5 aromatic heterocycles. The number of carbonyl (C=O) groups excluding carboxylic acids is 4. The lowest BCUT2D eigenvalue weighted by Crippen LogP contribution is -2.49. The van der Waals surface area contributed by atoms with Gasteiger partial charge in [0.2, 0.25) is 0 Å². The first-order valence-corrected chi connectivity index (χ1v) is 51.3. The fourth-order valence-electron chi connectivity index (χ4n) is 21.4. The minimum atomic E-state index is -0.384. The van der Waals surface area contributed by atoms with Crippen molar-refractivity contribution in [3.8, 4) is 23.0 Å². The highest BCUT2D eigenvalue weighted by molar-refractivity contribution is 9.10. The van der Waals surface area contributed by atoms with E-state index >= 15 is 0 Å². The van der Waals surface area contributed by atoms with Gasteiger partial charge < -0.3 is 78.5 Å². The molecule has 9 aromatic carbocycles. The van der Waals surface area contributed by atoms with Crippen molar-refractivity contribution in [2.45, 2.75) is 160 Å². The van der Waals surface area contributed by atoms with Gasteiger partial charge >= 0.3 is 24.3 Å². The summed E-state index contributed by atoms with van der Waals surface area (Å²) in [6.45, 7) is 12.7. The van der Waals surface area contributed by atoms with Gasteiger partial charge in [-0.1, -0.05) is 167 Å². The van der Waals surface area contributed by atoms with E-state index in [0.29, 0.717) is 78.5 Å². The topological polar surface area (TPSA) is 252 Å². The highest BCUT2D eigenvalue weighted by Gasteiger charge is 2.43. The van der Waals surface area contributed by atoms with Crippen molar-refractivity contribution in [3.63, 3.8) is 0 Å². The van der Waals surface area contributed by atoms with E-state index < -0.39 is 0 Å². The molecule has 21 rings (SSSR count). The number of hydrogen-bond acceptors (Lipinski definition) is 12. The average Bonchev–Trinajstić information content (AvgIpc) is 1.63. The number of carbonyl (C=O) groups is 4. The molecule has 0 bridgehead atoms. The number of fused-ring (bicyclic) bond motifs is 15. The third kappa shape index (κ3) is 21.1. The minimum absolute atomic E-state index is 0.0232. The summed E-state index contributed by atoms with van der Waals surface area (Å²) in [5.74, 6) is 3.40. The second kappa shape index (κ2) is 44.8. The van der Waals surface area contributed by atoms with Gasteiger partial charge in [0.25, 0.3) is 0 Å². The van der Waals surface area contributed by atoms with Gasteiger partial charge in [0, 0.05) is 158 Å². The van der Waals surface area contributed by atoms with Crippen LogP contribution in [-0.4, -0.2) is 172 Å². The van der Waals surface area contributed by atoms with Crippen molar-refractivity contribution < 1.29 is 52.3 Å². The zero-order valence-corrected chi connectivity index (χ0v) is 86.0. The number of urea groups is 1. The molecule has 0 saturated heterocycles. The second-order valence-corrected chi connectivity index (χ2v) is 39.6. The summed E-state index contributed by atoms with van der Waals surface area (Å²) >= 11 is 47.0. The van der Waals surface area contributed by atoms with E-state index in [9.17, 15) is 19.2 Å². The fourth-order valence-corrected chi connectivity index (χ4v) is 23.2. The molecule has 2 saturated carbocycles. The van der Waals surface area contributed by atoms with Gasteiger partial charge in [-0.2, -0.15) is 0 Å². The lowest BCUT2D eigenvalue weighted by Gasteiger charge is -2.41. The quantitative estimate of drug-likeness (QED) is 0.0395. The molecule has 139 heavy (non-hydrogen) atoms. The molecule has 31 heteroatoms. The van der Waals surface area contributed by atoms with Crippen LogP contribution in [0.3, 0.4) is 0 Å². The number of ether oxygens (including phenoxy) is 7. The number of H-pyrrole nitrogens is 5. The maximum atomic E-state index is 13.4. The van der Waals surface area contributed by atoms with Crippen molar-refractivity contribution in [2.24, 2.45) is 5.92 Å². The molecule has 2 fully saturated rings. The SMILES string of the molecule is CCNC(=S)N1CCc2c([nH]c3ccc(Cl)cc23)C1c1ccc(OC)cc1.CCOC(=O)N1CCc2c([nH]c3ccc(Br)cc23)C1c1cccc(Cl)c1Cl.CCOC(=O)N1CCc2c([nH]c3ccc(Cl)cc23)C1C1CCCCC1.CCOC(=O)N1CCc2c([nH]c3ccc(Cl)cc23)C1c1ccc(OC)c(OC)c1.COc1ccc(C2c3[nH]c4ccc(Cl)cc4c3CCN2C(=O)NC2CCCCC2)cc1. The van der Waals surface area contributed by atoms with Crippen molar-refractivity contribution in [1.82, 2.24) is 60.1 Å². The van der Waals surface area contributed by atoms with Crippen LogP contribution in [0.25, 0.3) is 54.5 Å². The molecule has 0 spiro atoms. The van der Waals surface area contributed by atoms with Gasteiger partial charge in [-0.25, -0.2) is 19.2 Å². The lowest BCUT2D eigenvalue weighted by molar-refractivity contribution is 0.0619. The summed E-state index contributed by atoms with van der Waals surface area (Å²) in [6.07, 6.45) is 15.1. The first-order valence-electron chi connectivity index (χ1n) is 47.9. The maximum Gasteiger partial charge on any atom is 0.410 e. The van der Waals surface area contributed by atoms with Gasteiger partial charge in [0.1, 0.15) is 23.6 Å². The van der Waals surface area contributed by atoms with Crippen LogP contribution >= 0.6 is 97.8 Å². The van der Waals surface area contributed by atoms with Gasteiger partial charge in [-0.15, -0.1) is 0 Å². The van der Waals surface area contributed by atoms with Crippen LogP contribution in [-0.2, 0) is 46.3 Å². The first-order chi connectivity index (χ1) is 67.5. The predicted molar refractivity (Wildman–Crippen MR) is 563 cm³/mol. The number of halogens is 7. The molecule has 7 N–H and O–H groups in total. The normalized spacial score (nSPS) is 17.8. The Labute approximate surface area is 853 Å². The molecule has 0 radical (unpaired) electrons. The van der Waals surface area contributed by atoms with Gasteiger partial charge in [-0.3, -0.25) is 14.7 Å². The molecule has 7 aliphatic rings. The van der Waals surface area contributed by atoms with Gasteiger partial charge in [-0.05, 0) is 282 Å². The maximum absolute atomic E-state index is 13.4. The number of hydrogen-bond donors (Lipinski definition) is 7. The molecule has 728 valence electrons. The molecule has 5 aliphatic heterocycles. The number of nitrogens with zero attached hydrogens (tertiary/aromatic N) is 5. The fraction of sp³-hybridized carbons (Fsp3) is 0.361. The van der Waals surface area contributed by atoms with Crippen LogP contribution in [0.15, 0.2) is 180 Å². The van der Waals surface area contributed by atoms with E-state index in [-0.39, 0.29) is 60.6 Å². The number of nitrogens with one attached hydrogen (secondary N) is 7. The summed E-state index contributed by atoms with van der Waals surface area (Å²) in [5.41, 5.74) is 20.9. The highest BCUT2D eigenvalue weighted by atomic mass is 79.9. The zero-order chi connectivity index (χ0) is 97.4. The van der Waals surface area contributed by atoms with Crippen molar-refractivity contribution in [2.75, 3.05) is 87.5 Å². The summed E-state index contributed by atoms with van der Waals surface area (Å²) in [6, 6.07) is 56.9. The summed E-state index contributed by atoms with van der Waals surface area (Å²) < 4.78 is 38.5. The molecule has 2 aliphatic carbocycles. The second-order valence-electron chi connectivity index (χ2n) is 35.7. The Morgan fingerprint density at radius 3 is 1.23 bits per heavy atom. The standard InChI is InChI=1S/C25H28ClN3O2.C22H23ClN2O4.C21H22ClN3OS.C20H17BrCl2N2O2.C20H25ClN2O2/c1-31-19-10-7-16(8-11-19)24-23-20(21-15-17(26)9-12-22(21)28-23)13-14-29(24)25(30)27-18-5-3-2-4-6-18;1-4-29-22(26)25-10-9-15-16-12-14(23)6-7-17(16)24-20(15)21(25)13-5-8-18(27-2)19(11-13)28-3;1-3-23-21(27)25-11-10-16-17-12-14(22)6-9-18(17)24-19(16)20(25)13-4-7-15(26-2)8-5-13;1-2-27-20(26)25-9-8-12-14-10-11(21)6-7-16(14)24-18(12)19(25)13-4-3-5-15(22)17(13)23;1-2-25-20(24)23-11-10-15-16-12-14(21)8-9-17(16)22-18(15)19(23)13-6-4-3-5-7-13/h7-12,15,18,24,28H,2-6,13-14H2,1H3,(H,27,30);5-8,11-12,21,24H,4,9-10H2,1-3H3;4-9,12,20,24H,3,10-11H2,1-2H3,(H,23,27);3-7,10,19,24H,2,8-9H2,1H3;8-9,12-13,19,22H,2-7,10-11H2,1H3. The number of thiocarbonyl (C=S) groups is 1. The number of benzene rings is 9. The summed E-state index contributed by atoms with van der Waals surface area (Å²) in [7, 11) is 6.55. The highest BCUT2D eigenvalue weighted by Crippen LogP contribution is 2.50. The third-order valence-electron chi connectivity index (χ3n) is 27.7. The van der Waals surface area contributed by atoms with E-state index in [0.717, 1.165) is 172 Å². The Balaban J connectivity index is 0.000000120. The Morgan fingerprint density at radius 2 is 0.777 bits per heavy atom. The van der Waals surface area contributed by atoms with Gasteiger partial charge in [0.05, 0.1) is 76.4 Å². The summed E-state index contributed by atoms with van der Waals surface area (Å²) in [5, 5.41) is 17.0. The van der Waals surface area contributed by atoms with E-state index in [4.69, 9.17) is 115 Å². The molecule has 5 amide bonds. The van der Waals surface area contributed by atoms with Crippen molar-refractivity contribution in [1.29, 1.82) is 0 Å². The Bertz CT molecular complexity index is 6810. The predicted octanol–water partition coefficient (Wildman–Crippen LogP) is 27.2. The van der Waals surface area contributed by atoms with Crippen LogP contribution < -0.4 is 29.6 Å². The lowest BCUT2D eigenvalue weighted by atomic mass is 9.79. The number of methoxy groups -OCH3 is 4. The molecular formula is C108H115BrCl6N12O11S. The Kier molecular flexibility index (Phi) is 32.0. The zero-order valence-electron chi connectivity index (χ0n) is 79.0. The van der Waals surface area contributed by atoms with E-state index in [2.05, 4.69) is 99.7 Å². The van der Waals surface area contributed by atoms with Crippen LogP contribution in [0.2, 0.25) is 30.1 Å². The monoisotopic (exact) mass is 2080 g/mol. The molecule has 14 aromatic rings. The number of aromatic nitrogens is 5. The molecule has 5 unspecified atom stereocenters. The third-order valence-corrected chi connectivity index (χ3v) is 30.4. The van der Waals surface area contributed by atoms with Gasteiger partial charge in [0.15, 0.2) is 16.6 Å². The number of amides is 5. The van der Waals surface area contributed by atoms with Crippen molar-refractivity contribution in [3.05, 3.63) is 289 Å². The minimum Gasteiger partial charge on any atom is -0.497 e. The number of rotatable bonds is 14. The smallest absolute Gasteiger partial charge is 0.410 e. The van der Waals surface area contributed by atoms with Crippen LogP contribution in [0.5, 0.6) is 23.0 Å². The van der Waals surface area contributed by atoms with Crippen LogP contribution in [0, 0.1) is 5.92 Å². The Morgan fingerprint density at radius 1 is 0.396 bits per heavy atom. The Hall–Kier alpha value is -11.1.